The molecule has 4 aliphatic carbocycles. The van der Waals surface area contributed by atoms with Gasteiger partial charge in [-0.3, -0.25) is 0 Å². The second-order valence-corrected chi connectivity index (χ2v) is 13.4. The Bertz CT molecular complexity index is 1060. The number of carbonyl (C=O) groups excluding carboxylic acids is 2. The van der Waals surface area contributed by atoms with E-state index in [0.29, 0.717) is 44.9 Å². The monoisotopic (exact) mass is 566 g/mol. The van der Waals surface area contributed by atoms with Crippen molar-refractivity contribution in [1.29, 1.82) is 0 Å². The Labute approximate surface area is 233 Å². The van der Waals surface area contributed by atoms with E-state index in [1.165, 1.54) is 0 Å². The lowest BCUT2D eigenvalue weighted by atomic mass is 9.41. The predicted molar refractivity (Wildman–Crippen MR) is 136 cm³/mol. The summed E-state index contributed by atoms with van der Waals surface area (Å²) >= 11 is 0. The van der Waals surface area contributed by atoms with Crippen LogP contribution in [0.1, 0.15) is 64.7 Å². The molecule has 11 nitrogen and oxygen atoms in total. The largest absolute Gasteiger partial charge is 0.458 e. The van der Waals surface area contributed by atoms with Gasteiger partial charge in [0.2, 0.25) is 0 Å². The zero-order valence-electron chi connectivity index (χ0n) is 22.9. The number of carbonyl (C=O) groups is 2. The third-order valence-electron chi connectivity index (χ3n) is 12.0. The first-order valence-electron chi connectivity index (χ1n) is 14.7. The molecular formula is C29H42O11. The molecular weight excluding hydrogens is 524 g/mol. The van der Waals surface area contributed by atoms with E-state index in [2.05, 4.69) is 6.92 Å². The first kappa shape index (κ1) is 28.7. The highest BCUT2D eigenvalue weighted by atomic mass is 16.7. The molecule has 2 heterocycles. The molecule has 13 atom stereocenters. The van der Waals surface area contributed by atoms with Gasteiger partial charge in [-0.1, -0.05) is 6.92 Å². The van der Waals surface area contributed by atoms with Gasteiger partial charge < -0.3 is 49.6 Å². The zero-order chi connectivity index (χ0) is 28.7. The van der Waals surface area contributed by atoms with Crippen LogP contribution >= 0.6 is 0 Å². The minimum absolute atomic E-state index is 0.0283. The minimum atomic E-state index is -1.57. The number of ether oxygens (including phenoxy) is 3. The van der Waals surface area contributed by atoms with Gasteiger partial charge >= 0.3 is 5.97 Å². The van der Waals surface area contributed by atoms with Crippen LogP contribution in [-0.2, 0) is 23.8 Å². The third-order valence-corrected chi connectivity index (χ3v) is 12.0. The average Bonchev–Trinajstić information content (AvgIpc) is 3.48. The molecule has 0 aromatic heterocycles. The van der Waals surface area contributed by atoms with Crippen LogP contribution < -0.4 is 0 Å². The molecule has 0 amide bonds. The Morgan fingerprint density at radius 2 is 1.75 bits per heavy atom. The maximum absolute atomic E-state index is 13.0. The summed E-state index contributed by atoms with van der Waals surface area (Å²) in [5, 5.41) is 64.6. The van der Waals surface area contributed by atoms with E-state index in [0.717, 1.165) is 18.3 Å². The molecule has 6 aliphatic rings. The fourth-order valence-electron chi connectivity index (χ4n) is 9.80. The highest BCUT2D eigenvalue weighted by Gasteiger charge is 2.71. The Balaban J connectivity index is 1.22. The molecule has 4 saturated carbocycles. The van der Waals surface area contributed by atoms with E-state index < -0.39 is 65.4 Å². The van der Waals surface area contributed by atoms with Gasteiger partial charge in [-0.15, -0.1) is 0 Å². The van der Waals surface area contributed by atoms with Crippen LogP contribution in [-0.4, -0.2) is 104 Å². The molecule has 0 aromatic rings. The van der Waals surface area contributed by atoms with Gasteiger partial charge in [0.05, 0.1) is 29.3 Å². The van der Waals surface area contributed by atoms with Gasteiger partial charge in [-0.25, -0.2) is 4.79 Å². The van der Waals surface area contributed by atoms with Crippen LogP contribution in [0.25, 0.3) is 0 Å². The number of aliphatic hydroxyl groups is 6. The molecule has 224 valence electrons. The van der Waals surface area contributed by atoms with Gasteiger partial charge in [0.25, 0.3) is 0 Å². The first-order chi connectivity index (χ1) is 18.9. The van der Waals surface area contributed by atoms with E-state index in [1.807, 2.05) is 0 Å². The van der Waals surface area contributed by atoms with Crippen molar-refractivity contribution in [3.05, 3.63) is 11.6 Å². The summed E-state index contributed by atoms with van der Waals surface area (Å²) < 4.78 is 16.7. The first-order valence-corrected chi connectivity index (χ1v) is 14.7. The van der Waals surface area contributed by atoms with Crippen molar-refractivity contribution in [2.24, 2.45) is 28.6 Å². The Kier molecular flexibility index (Phi) is 7.03. The topological polar surface area (TPSA) is 183 Å². The van der Waals surface area contributed by atoms with Gasteiger partial charge in [0.1, 0.15) is 37.3 Å². The number of aliphatic hydroxyl groups excluding tert-OH is 4. The van der Waals surface area contributed by atoms with E-state index in [4.69, 9.17) is 14.2 Å². The SMILES string of the molecule is C[C@]12CC[C@H]3[C@@H](CC[C@]4(O)C[C@@H](O[C@@H]5O[C@H](CO)[C@@H](O)[C@H](O)[C@H]5O)CC[C@]34C=O)[C@@]1(O)CC[C@@H]2C1=CC(=O)OC1. The Morgan fingerprint density at radius 1 is 1.00 bits per heavy atom. The molecule has 0 unspecified atom stereocenters. The normalized spacial score (nSPS) is 54.1. The van der Waals surface area contributed by atoms with Crippen LogP contribution in [0.2, 0.25) is 0 Å². The fourth-order valence-corrected chi connectivity index (χ4v) is 9.80. The van der Waals surface area contributed by atoms with Gasteiger partial charge in [0.15, 0.2) is 6.29 Å². The van der Waals surface area contributed by atoms with Crippen molar-refractivity contribution in [3.8, 4) is 0 Å². The number of fused-ring (bicyclic) bond motifs is 5. The van der Waals surface area contributed by atoms with Crippen LogP contribution in [0.3, 0.4) is 0 Å². The Morgan fingerprint density at radius 3 is 2.42 bits per heavy atom. The Hall–Kier alpha value is -1.44. The molecule has 6 N–H and O–H groups in total. The predicted octanol–water partition coefficient (Wildman–Crippen LogP) is -0.278. The number of rotatable bonds is 5. The smallest absolute Gasteiger partial charge is 0.331 e. The molecule has 40 heavy (non-hydrogen) atoms. The molecule has 11 heteroatoms. The molecule has 1 saturated heterocycles. The standard InChI is InChI=1S/C29H42O11/c1-26-6-3-18-19(29(26,37)9-5-17(26)15-10-21(32)38-13-15)4-8-28(36)11-16(2-7-27(18,28)14-31)39-25-24(35)23(34)22(33)20(12-30)40-25/h10,14,16-20,22-25,30,33-37H,2-9,11-13H2,1H3/t16-,17+,18-,19+,20+,22+,23-,24+,25+,26+,27-,28-,29-/m0/s1. The summed E-state index contributed by atoms with van der Waals surface area (Å²) in [4.78, 5) is 24.8. The number of hydrogen-bond donors (Lipinski definition) is 6. The molecule has 0 radical (unpaired) electrons. The second-order valence-electron chi connectivity index (χ2n) is 13.4. The van der Waals surface area contributed by atoms with Crippen molar-refractivity contribution in [2.45, 2.75) is 113 Å². The van der Waals surface area contributed by atoms with Crippen LogP contribution in [0, 0.1) is 28.6 Å². The molecule has 0 spiro atoms. The van der Waals surface area contributed by atoms with Crippen LogP contribution in [0.5, 0.6) is 0 Å². The van der Waals surface area contributed by atoms with E-state index in [9.17, 15) is 40.2 Å². The minimum Gasteiger partial charge on any atom is -0.458 e. The quantitative estimate of drug-likeness (QED) is 0.146. The fraction of sp³-hybridized carbons (Fsp3) is 0.862. The van der Waals surface area contributed by atoms with Crippen molar-refractivity contribution >= 4 is 12.3 Å². The summed E-state index contributed by atoms with van der Waals surface area (Å²) in [5.74, 6) is -0.707. The zero-order valence-corrected chi connectivity index (χ0v) is 22.9. The van der Waals surface area contributed by atoms with Crippen molar-refractivity contribution in [2.75, 3.05) is 13.2 Å². The van der Waals surface area contributed by atoms with Gasteiger partial charge in [-0.2, -0.15) is 0 Å². The maximum Gasteiger partial charge on any atom is 0.331 e. The molecule has 2 aliphatic heterocycles. The van der Waals surface area contributed by atoms with Crippen LogP contribution in [0.4, 0.5) is 0 Å². The molecule has 6 rings (SSSR count). The highest BCUT2D eigenvalue weighted by molar-refractivity contribution is 5.85. The lowest BCUT2D eigenvalue weighted by Gasteiger charge is -2.65. The lowest BCUT2D eigenvalue weighted by molar-refractivity contribution is -0.322. The lowest BCUT2D eigenvalue weighted by Crippen LogP contribution is -2.69. The third kappa shape index (κ3) is 3.85. The summed E-state index contributed by atoms with van der Waals surface area (Å²) in [6.45, 7) is 1.79. The van der Waals surface area contributed by atoms with Gasteiger partial charge in [0, 0.05) is 17.9 Å². The second kappa shape index (κ2) is 9.80. The number of esters is 1. The van der Waals surface area contributed by atoms with Crippen molar-refractivity contribution < 1.29 is 54.4 Å². The van der Waals surface area contributed by atoms with E-state index in [-0.39, 0.29) is 36.8 Å². The summed E-state index contributed by atoms with van der Waals surface area (Å²) in [6, 6.07) is 0. The van der Waals surface area contributed by atoms with Crippen molar-refractivity contribution in [3.63, 3.8) is 0 Å². The van der Waals surface area contributed by atoms with Crippen LogP contribution in [0.15, 0.2) is 11.6 Å². The molecule has 0 bridgehead atoms. The highest BCUT2D eigenvalue weighted by Crippen LogP contribution is 2.70. The van der Waals surface area contributed by atoms with E-state index in [1.54, 1.807) is 6.08 Å². The number of hydrogen-bond acceptors (Lipinski definition) is 11. The van der Waals surface area contributed by atoms with Crippen molar-refractivity contribution in [1.82, 2.24) is 0 Å². The van der Waals surface area contributed by atoms with Gasteiger partial charge in [-0.05, 0) is 74.7 Å². The molecule has 0 aromatic carbocycles. The summed E-state index contributed by atoms with van der Waals surface area (Å²) in [6.07, 6.45) is -0.809. The van der Waals surface area contributed by atoms with E-state index >= 15 is 0 Å². The maximum atomic E-state index is 13.0. The number of cyclic esters (lactones) is 1. The average molecular weight is 567 g/mol. The number of aldehydes is 1. The summed E-state index contributed by atoms with van der Waals surface area (Å²) in [7, 11) is 0. The molecule has 5 fully saturated rings. The summed E-state index contributed by atoms with van der Waals surface area (Å²) in [5.41, 5.74) is -3.01.